The molecule has 0 spiro atoms. The maximum absolute atomic E-state index is 12.7. The summed E-state index contributed by atoms with van der Waals surface area (Å²) in [6.45, 7) is 4.68. The zero-order valence-corrected chi connectivity index (χ0v) is 15.9. The lowest BCUT2D eigenvalue weighted by Crippen LogP contribution is -2.34. The minimum absolute atomic E-state index is 0.00381. The monoisotopic (exact) mass is 366 g/mol. The van der Waals surface area contributed by atoms with Crippen LogP contribution >= 0.6 is 0 Å². The minimum atomic E-state index is -0.0323. The van der Waals surface area contributed by atoms with E-state index in [4.69, 9.17) is 4.74 Å². The molecule has 2 aromatic rings. The second kappa shape index (κ2) is 8.71. The standard InChI is InChI=1S/C22H26N2O3/c1-3-21(25)23-17-10-12-18(13-11-17)27-15-22(26)24-14-6-9-20(24)19-8-5-4-7-16(19)2/h4-5,7-8,10-13,20H,3,6,9,14-15H2,1-2H3,(H,23,25)/t20-/m1/s1. The normalized spacial score (nSPS) is 16.2. The fourth-order valence-electron chi connectivity index (χ4n) is 3.46. The zero-order valence-electron chi connectivity index (χ0n) is 15.9. The van der Waals surface area contributed by atoms with Crippen LogP contribution in [0.3, 0.4) is 0 Å². The largest absolute Gasteiger partial charge is 0.484 e. The van der Waals surface area contributed by atoms with Crippen molar-refractivity contribution in [3.63, 3.8) is 0 Å². The molecule has 2 aromatic carbocycles. The number of benzene rings is 2. The van der Waals surface area contributed by atoms with Crippen LogP contribution in [0, 0.1) is 6.92 Å². The molecule has 2 amide bonds. The Bertz CT molecular complexity index is 801. The summed E-state index contributed by atoms with van der Waals surface area (Å²) in [5.41, 5.74) is 3.16. The number of hydrogen-bond donors (Lipinski definition) is 1. The number of carbonyl (C=O) groups excluding carboxylic acids is 2. The number of amides is 2. The average Bonchev–Trinajstić information content (AvgIpc) is 3.17. The van der Waals surface area contributed by atoms with E-state index in [9.17, 15) is 9.59 Å². The molecule has 0 bridgehead atoms. The summed E-state index contributed by atoms with van der Waals surface area (Å²) in [5.74, 6) is 0.587. The lowest BCUT2D eigenvalue weighted by molar-refractivity contribution is -0.134. The van der Waals surface area contributed by atoms with Crippen LogP contribution in [0.5, 0.6) is 5.75 Å². The maximum Gasteiger partial charge on any atom is 0.261 e. The second-order valence-electron chi connectivity index (χ2n) is 6.82. The van der Waals surface area contributed by atoms with E-state index in [1.54, 1.807) is 31.2 Å². The van der Waals surface area contributed by atoms with Crippen molar-refractivity contribution in [2.24, 2.45) is 0 Å². The van der Waals surface area contributed by atoms with Crippen molar-refractivity contribution in [1.29, 1.82) is 0 Å². The first-order valence-corrected chi connectivity index (χ1v) is 9.46. The van der Waals surface area contributed by atoms with E-state index in [2.05, 4.69) is 24.4 Å². The number of rotatable bonds is 6. The Morgan fingerprint density at radius 2 is 1.89 bits per heavy atom. The van der Waals surface area contributed by atoms with Crippen LogP contribution in [0.4, 0.5) is 5.69 Å². The van der Waals surface area contributed by atoms with E-state index in [0.29, 0.717) is 12.2 Å². The molecular weight excluding hydrogens is 340 g/mol. The van der Waals surface area contributed by atoms with Crippen molar-refractivity contribution >= 4 is 17.5 Å². The van der Waals surface area contributed by atoms with Crippen molar-refractivity contribution in [3.05, 3.63) is 59.7 Å². The molecule has 27 heavy (non-hydrogen) atoms. The number of anilines is 1. The van der Waals surface area contributed by atoms with Crippen molar-refractivity contribution in [3.8, 4) is 5.75 Å². The third kappa shape index (κ3) is 4.67. The van der Waals surface area contributed by atoms with Crippen molar-refractivity contribution in [2.75, 3.05) is 18.5 Å². The smallest absolute Gasteiger partial charge is 0.261 e. The molecule has 1 fully saturated rings. The Morgan fingerprint density at radius 1 is 1.15 bits per heavy atom. The molecule has 5 heteroatoms. The van der Waals surface area contributed by atoms with E-state index in [1.807, 2.05) is 17.0 Å². The highest BCUT2D eigenvalue weighted by molar-refractivity contribution is 5.90. The first kappa shape index (κ1) is 19.0. The van der Waals surface area contributed by atoms with Gasteiger partial charge in [0.25, 0.3) is 5.91 Å². The van der Waals surface area contributed by atoms with Gasteiger partial charge in [-0.1, -0.05) is 31.2 Å². The molecule has 0 aliphatic carbocycles. The number of nitrogens with zero attached hydrogens (tertiary/aromatic N) is 1. The fourth-order valence-corrected chi connectivity index (χ4v) is 3.46. The van der Waals surface area contributed by atoms with Crippen LogP contribution in [0.15, 0.2) is 48.5 Å². The molecule has 0 saturated carbocycles. The van der Waals surface area contributed by atoms with E-state index < -0.39 is 0 Å². The number of nitrogens with one attached hydrogen (secondary N) is 1. The summed E-state index contributed by atoms with van der Waals surface area (Å²) in [6, 6.07) is 15.5. The molecule has 0 aromatic heterocycles. The van der Waals surface area contributed by atoms with Gasteiger partial charge < -0.3 is 15.0 Å². The van der Waals surface area contributed by atoms with Crippen LogP contribution in [0.25, 0.3) is 0 Å². The van der Waals surface area contributed by atoms with Gasteiger partial charge in [0.2, 0.25) is 5.91 Å². The molecule has 1 N–H and O–H groups in total. The van der Waals surface area contributed by atoms with Crippen molar-refractivity contribution in [1.82, 2.24) is 4.90 Å². The molecule has 3 rings (SSSR count). The third-order valence-corrected chi connectivity index (χ3v) is 4.94. The average molecular weight is 366 g/mol. The van der Waals surface area contributed by atoms with E-state index in [1.165, 1.54) is 11.1 Å². The van der Waals surface area contributed by atoms with Gasteiger partial charge in [0.05, 0.1) is 6.04 Å². The van der Waals surface area contributed by atoms with Crippen LogP contribution in [0.1, 0.15) is 43.4 Å². The Balaban J connectivity index is 1.58. The Hall–Kier alpha value is -2.82. The molecule has 1 saturated heterocycles. The number of carbonyl (C=O) groups is 2. The van der Waals surface area contributed by atoms with Gasteiger partial charge >= 0.3 is 0 Å². The lowest BCUT2D eigenvalue weighted by atomic mass is 9.99. The first-order chi connectivity index (χ1) is 13.1. The van der Waals surface area contributed by atoms with Gasteiger partial charge in [-0.3, -0.25) is 9.59 Å². The van der Waals surface area contributed by atoms with Gasteiger partial charge in [-0.05, 0) is 55.2 Å². The number of aryl methyl sites for hydroxylation is 1. The highest BCUT2D eigenvalue weighted by Crippen LogP contribution is 2.33. The summed E-state index contributed by atoms with van der Waals surface area (Å²) in [5, 5.41) is 2.79. The molecule has 0 radical (unpaired) electrons. The van der Waals surface area contributed by atoms with Gasteiger partial charge in [-0.15, -0.1) is 0 Å². The van der Waals surface area contributed by atoms with Crippen LogP contribution in [-0.4, -0.2) is 29.9 Å². The number of likely N-dealkylation sites (tertiary alicyclic amines) is 1. The Kier molecular flexibility index (Phi) is 6.12. The summed E-state index contributed by atoms with van der Waals surface area (Å²) in [7, 11) is 0. The summed E-state index contributed by atoms with van der Waals surface area (Å²) < 4.78 is 5.68. The highest BCUT2D eigenvalue weighted by atomic mass is 16.5. The minimum Gasteiger partial charge on any atom is -0.484 e. The summed E-state index contributed by atoms with van der Waals surface area (Å²) >= 11 is 0. The van der Waals surface area contributed by atoms with Gasteiger partial charge in [0.1, 0.15) is 5.75 Å². The van der Waals surface area contributed by atoms with Gasteiger partial charge in [-0.25, -0.2) is 0 Å². The van der Waals surface area contributed by atoms with Crippen LogP contribution in [0.2, 0.25) is 0 Å². The summed E-state index contributed by atoms with van der Waals surface area (Å²) in [6.07, 6.45) is 2.43. The van der Waals surface area contributed by atoms with Crippen LogP contribution < -0.4 is 10.1 Å². The maximum atomic E-state index is 12.7. The molecule has 142 valence electrons. The molecule has 1 heterocycles. The number of hydrogen-bond acceptors (Lipinski definition) is 3. The predicted molar refractivity (Wildman–Crippen MR) is 106 cm³/mol. The Morgan fingerprint density at radius 3 is 2.59 bits per heavy atom. The SMILES string of the molecule is CCC(=O)Nc1ccc(OCC(=O)N2CCC[C@@H]2c2ccccc2C)cc1. The topological polar surface area (TPSA) is 58.6 Å². The van der Waals surface area contributed by atoms with Gasteiger partial charge in [0, 0.05) is 18.7 Å². The molecule has 5 nitrogen and oxygen atoms in total. The van der Waals surface area contributed by atoms with Crippen LogP contribution in [-0.2, 0) is 9.59 Å². The number of ether oxygens (including phenoxy) is 1. The van der Waals surface area contributed by atoms with E-state index in [0.717, 1.165) is 25.1 Å². The molecule has 1 atom stereocenters. The van der Waals surface area contributed by atoms with Gasteiger partial charge in [-0.2, -0.15) is 0 Å². The lowest BCUT2D eigenvalue weighted by Gasteiger charge is -2.26. The zero-order chi connectivity index (χ0) is 19.2. The highest BCUT2D eigenvalue weighted by Gasteiger charge is 2.30. The third-order valence-electron chi connectivity index (χ3n) is 4.94. The quantitative estimate of drug-likeness (QED) is 0.838. The van der Waals surface area contributed by atoms with Crippen molar-refractivity contribution < 1.29 is 14.3 Å². The first-order valence-electron chi connectivity index (χ1n) is 9.46. The summed E-state index contributed by atoms with van der Waals surface area (Å²) in [4.78, 5) is 26.0. The van der Waals surface area contributed by atoms with Gasteiger partial charge in [0.15, 0.2) is 6.61 Å². The molecule has 0 unspecified atom stereocenters. The molecule has 1 aliphatic rings. The molecular formula is C22H26N2O3. The predicted octanol–water partition coefficient (Wildman–Crippen LogP) is 4.09. The molecule has 1 aliphatic heterocycles. The Labute approximate surface area is 160 Å². The van der Waals surface area contributed by atoms with E-state index in [-0.39, 0.29) is 24.5 Å². The van der Waals surface area contributed by atoms with E-state index >= 15 is 0 Å². The second-order valence-corrected chi connectivity index (χ2v) is 6.82. The van der Waals surface area contributed by atoms with Crippen molar-refractivity contribution in [2.45, 2.75) is 39.2 Å². The fraction of sp³-hybridized carbons (Fsp3) is 0.364.